The van der Waals surface area contributed by atoms with E-state index >= 15 is 0 Å². The minimum Gasteiger partial charge on any atom is -0.288 e. The van der Waals surface area contributed by atoms with Crippen molar-refractivity contribution in [2.45, 2.75) is 26.1 Å². The predicted octanol–water partition coefficient (Wildman–Crippen LogP) is 0.458. The summed E-state index contributed by atoms with van der Waals surface area (Å²) in [7, 11) is 0. The Morgan fingerprint density at radius 3 is 2.91 bits per heavy atom. The molecule has 1 aliphatic rings. The third kappa shape index (κ3) is 1.16. The van der Waals surface area contributed by atoms with Crippen LogP contribution in [0.2, 0.25) is 0 Å². The second-order valence-corrected chi connectivity index (χ2v) is 3.27. The van der Waals surface area contributed by atoms with Crippen LogP contribution in [0.15, 0.2) is 18.5 Å². The molecule has 60 valence electrons. The van der Waals surface area contributed by atoms with Gasteiger partial charge in [0, 0.05) is 12.6 Å². The lowest BCUT2D eigenvalue weighted by Gasteiger charge is -2.01. The van der Waals surface area contributed by atoms with Crippen LogP contribution in [0.4, 0.5) is 0 Å². The third-order valence-corrected chi connectivity index (χ3v) is 1.98. The first kappa shape index (κ1) is 6.85. The van der Waals surface area contributed by atoms with Crippen molar-refractivity contribution < 1.29 is 4.68 Å². The molecule has 3 nitrogen and oxygen atoms in total. The third-order valence-electron chi connectivity index (χ3n) is 1.98. The largest absolute Gasteiger partial charge is 0.288 e. The maximum absolute atomic E-state index is 3.27. The standard InChI is InChI=1S/C8H14N3/c1-7(2)10-4-3-5-11(10)8-6-9-8/h3-5,7-9H,6H2,1-2H3/q+1. The van der Waals surface area contributed by atoms with Crippen LogP contribution in [0, 0.1) is 0 Å². The molecule has 0 saturated carbocycles. The van der Waals surface area contributed by atoms with Gasteiger partial charge in [0.2, 0.25) is 0 Å². The van der Waals surface area contributed by atoms with Gasteiger partial charge in [0.05, 0.1) is 6.20 Å². The van der Waals surface area contributed by atoms with Gasteiger partial charge in [0.25, 0.3) is 0 Å². The molecule has 1 aromatic rings. The molecular formula is C8H14N3+. The topological polar surface area (TPSA) is 30.8 Å². The maximum atomic E-state index is 3.27. The number of nitrogens with one attached hydrogen (secondary N) is 1. The zero-order valence-electron chi connectivity index (χ0n) is 6.99. The summed E-state index contributed by atoms with van der Waals surface area (Å²) in [5.41, 5.74) is 0. The average molecular weight is 152 g/mol. The van der Waals surface area contributed by atoms with Crippen LogP contribution in [0.3, 0.4) is 0 Å². The average Bonchev–Trinajstić information content (AvgIpc) is 2.68. The van der Waals surface area contributed by atoms with Crippen molar-refractivity contribution in [2.75, 3.05) is 6.54 Å². The number of rotatable bonds is 2. The van der Waals surface area contributed by atoms with Crippen molar-refractivity contribution >= 4 is 0 Å². The predicted molar refractivity (Wildman–Crippen MR) is 42.1 cm³/mol. The van der Waals surface area contributed by atoms with Gasteiger partial charge in [-0.1, -0.05) is 0 Å². The van der Waals surface area contributed by atoms with Gasteiger partial charge in [-0.05, 0) is 13.8 Å². The van der Waals surface area contributed by atoms with Crippen LogP contribution in [-0.2, 0) is 0 Å². The Morgan fingerprint density at radius 2 is 2.36 bits per heavy atom. The highest BCUT2D eigenvalue weighted by Crippen LogP contribution is 2.10. The fraction of sp³-hybridized carbons (Fsp3) is 0.625. The lowest BCUT2D eigenvalue weighted by Crippen LogP contribution is -2.44. The number of nitrogens with zero attached hydrogens (tertiary/aromatic N) is 2. The summed E-state index contributed by atoms with van der Waals surface area (Å²) in [6.45, 7) is 5.50. The Morgan fingerprint density at radius 1 is 1.64 bits per heavy atom. The van der Waals surface area contributed by atoms with Crippen LogP contribution < -0.4 is 10.00 Å². The summed E-state index contributed by atoms with van der Waals surface area (Å²) < 4.78 is 4.48. The molecule has 3 heteroatoms. The minimum atomic E-state index is 0.549. The highest BCUT2D eigenvalue weighted by molar-refractivity contribution is 4.82. The van der Waals surface area contributed by atoms with Gasteiger partial charge in [-0.15, -0.1) is 9.36 Å². The second kappa shape index (κ2) is 2.34. The molecule has 1 unspecified atom stereocenters. The van der Waals surface area contributed by atoms with Crippen molar-refractivity contribution in [3.05, 3.63) is 18.5 Å². The number of hydrogen-bond acceptors (Lipinski definition) is 1. The van der Waals surface area contributed by atoms with Crippen LogP contribution in [0.1, 0.15) is 26.1 Å². The summed E-state index contributed by atoms with van der Waals surface area (Å²) in [5.74, 6) is 0. The zero-order valence-corrected chi connectivity index (χ0v) is 6.99. The van der Waals surface area contributed by atoms with E-state index in [0.717, 1.165) is 6.54 Å². The highest BCUT2D eigenvalue weighted by Gasteiger charge is 2.29. The Balaban J connectivity index is 2.30. The summed E-state index contributed by atoms with van der Waals surface area (Å²) in [6.07, 6.45) is 4.78. The molecule has 0 amide bonds. The molecule has 1 saturated heterocycles. The summed E-state index contributed by atoms with van der Waals surface area (Å²) in [4.78, 5) is 0. The molecule has 11 heavy (non-hydrogen) atoms. The molecule has 2 rings (SSSR count). The summed E-state index contributed by atoms with van der Waals surface area (Å²) in [6, 6.07) is 2.63. The molecule has 1 fully saturated rings. The lowest BCUT2D eigenvalue weighted by molar-refractivity contribution is -0.792. The van der Waals surface area contributed by atoms with Gasteiger partial charge >= 0.3 is 0 Å². The summed E-state index contributed by atoms with van der Waals surface area (Å²) in [5, 5.41) is 3.27. The van der Waals surface area contributed by atoms with E-state index in [9.17, 15) is 0 Å². The maximum Gasteiger partial charge on any atom is 0.195 e. The summed E-state index contributed by atoms with van der Waals surface area (Å²) >= 11 is 0. The zero-order chi connectivity index (χ0) is 7.84. The van der Waals surface area contributed by atoms with E-state index in [2.05, 4.69) is 47.0 Å². The van der Waals surface area contributed by atoms with Crippen LogP contribution in [0.25, 0.3) is 0 Å². The molecule has 2 heterocycles. The molecular weight excluding hydrogens is 138 g/mol. The Labute approximate surface area is 66.6 Å². The highest BCUT2D eigenvalue weighted by atomic mass is 15.5. The van der Waals surface area contributed by atoms with Crippen molar-refractivity contribution in [3.8, 4) is 0 Å². The molecule has 1 aromatic heterocycles. The molecule has 0 radical (unpaired) electrons. The first-order valence-corrected chi connectivity index (χ1v) is 4.10. The van der Waals surface area contributed by atoms with Crippen molar-refractivity contribution in [1.29, 1.82) is 0 Å². The first-order valence-electron chi connectivity index (χ1n) is 4.10. The van der Waals surface area contributed by atoms with Crippen molar-refractivity contribution in [1.82, 2.24) is 10.00 Å². The fourth-order valence-electron chi connectivity index (χ4n) is 1.31. The van der Waals surface area contributed by atoms with E-state index in [1.54, 1.807) is 0 Å². The van der Waals surface area contributed by atoms with Crippen LogP contribution >= 0.6 is 0 Å². The van der Waals surface area contributed by atoms with Crippen LogP contribution in [0.5, 0.6) is 0 Å². The first-order chi connectivity index (χ1) is 5.29. The van der Waals surface area contributed by atoms with E-state index in [-0.39, 0.29) is 0 Å². The van der Waals surface area contributed by atoms with E-state index < -0.39 is 0 Å². The van der Waals surface area contributed by atoms with E-state index in [1.165, 1.54) is 0 Å². The monoisotopic (exact) mass is 152 g/mol. The van der Waals surface area contributed by atoms with Crippen LogP contribution in [-0.4, -0.2) is 11.2 Å². The van der Waals surface area contributed by atoms with E-state index in [1.807, 2.05) is 0 Å². The Bertz CT molecular complexity index is 231. The van der Waals surface area contributed by atoms with E-state index in [4.69, 9.17) is 0 Å². The quantitative estimate of drug-likeness (QED) is 0.484. The van der Waals surface area contributed by atoms with E-state index in [0.29, 0.717) is 12.2 Å². The molecule has 0 bridgehead atoms. The molecule has 1 N–H and O–H groups in total. The Hall–Kier alpha value is -0.830. The molecule has 0 aromatic carbocycles. The van der Waals surface area contributed by atoms with Gasteiger partial charge < -0.3 is 0 Å². The Kier molecular flexibility index (Phi) is 1.46. The second-order valence-electron chi connectivity index (χ2n) is 3.27. The van der Waals surface area contributed by atoms with Crippen molar-refractivity contribution in [3.63, 3.8) is 0 Å². The normalized spacial score (nSPS) is 22.6. The molecule has 1 atom stereocenters. The van der Waals surface area contributed by atoms with Gasteiger partial charge in [0.1, 0.15) is 0 Å². The SMILES string of the molecule is CC(C)[n+]1cccn1C1CN1. The lowest BCUT2D eigenvalue weighted by atomic mass is 10.4. The van der Waals surface area contributed by atoms with Crippen molar-refractivity contribution in [2.24, 2.45) is 0 Å². The molecule has 0 spiro atoms. The minimum absolute atomic E-state index is 0.549. The number of hydrogen-bond donors (Lipinski definition) is 1. The van der Waals surface area contributed by atoms with Gasteiger partial charge in [-0.2, -0.15) is 0 Å². The van der Waals surface area contributed by atoms with Gasteiger partial charge in [0.15, 0.2) is 18.4 Å². The van der Waals surface area contributed by atoms with Gasteiger partial charge in [-0.25, -0.2) is 0 Å². The fourth-order valence-corrected chi connectivity index (χ4v) is 1.31. The van der Waals surface area contributed by atoms with Gasteiger partial charge in [-0.3, -0.25) is 5.32 Å². The molecule has 0 aliphatic carbocycles. The molecule has 1 aliphatic heterocycles. The number of aromatic nitrogens is 2. The smallest absolute Gasteiger partial charge is 0.195 e.